The fourth-order valence-corrected chi connectivity index (χ4v) is 2.88. The maximum atomic E-state index is 11.4. The Kier molecular flexibility index (Phi) is 4.44. The molecule has 3 N–H and O–H groups in total. The molecule has 1 unspecified atom stereocenters. The zero-order valence-electron chi connectivity index (χ0n) is 10.7. The second-order valence-corrected chi connectivity index (χ2v) is 5.42. The first-order valence-electron chi connectivity index (χ1n) is 6.12. The highest BCUT2D eigenvalue weighted by Gasteiger charge is 2.28. The Balaban J connectivity index is 2.29. The minimum atomic E-state index is -0.542. The van der Waals surface area contributed by atoms with E-state index in [1.54, 1.807) is 6.92 Å². The van der Waals surface area contributed by atoms with Crippen molar-refractivity contribution < 1.29 is 14.6 Å². The van der Waals surface area contributed by atoms with E-state index in [0.717, 1.165) is 15.7 Å². The largest absolute Gasteiger partial charge is 0.389 e. The number of carbonyl (C=O) groups is 1. The van der Waals surface area contributed by atoms with Gasteiger partial charge in [-0.3, -0.25) is 4.79 Å². The summed E-state index contributed by atoms with van der Waals surface area (Å²) in [6.45, 7) is 3.21. The molecule has 1 aliphatic heterocycles. The van der Waals surface area contributed by atoms with Gasteiger partial charge >= 0.3 is 0 Å². The summed E-state index contributed by atoms with van der Waals surface area (Å²) in [5.74, 6) is -0.393. The molecule has 2 rings (SSSR count). The first-order valence-corrected chi connectivity index (χ1v) is 6.91. The number of nitrogens with zero attached hydrogens (tertiary/aromatic N) is 1. The highest BCUT2D eigenvalue weighted by atomic mass is 79.9. The predicted octanol–water partition coefficient (Wildman–Crippen LogP) is 1.19. The van der Waals surface area contributed by atoms with Crippen molar-refractivity contribution in [3.8, 4) is 0 Å². The number of morpholine rings is 1. The summed E-state index contributed by atoms with van der Waals surface area (Å²) in [4.78, 5) is 13.4. The Morgan fingerprint density at radius 2 is 2.37 bits per heavy atom. The summed E-state index contributed by atoms with van der Waals surface area (Å²) < 4.78 is 6.11. The van der Waals surface area contributed by atoms with Crippen LogP contribution in [-0.2, 0) is 9.53 Å². The summed E-state index contributed by atoms with van der Waals surface area (Å²) in [5.41, 5.74) is 7.10. The predicted molar refractivity (Wildman–Crippen MR) is 75.9 cm³/mol. The van der Waals surface area contributed by atoms with E-state index in [1.165, 1.54) is 0 Å². The van der Waals surface area contributed by atoms with Gasteiger partial charge in [-0.25, -0.2) is 0 Å². The highest BCUT2D eigenvalue weighted by molar-refractivity contribution is 9.10. The lowest BCUT2D eigenvalue weighted by atomic mass is 10.1. The van der Waals surface area contributed by atoms with Gasteiger partial charge in [0.05, 0.1) is 19.3 Å². The number of rotatable bonds is 3. The number of primary amides is 1. The zero-order chi connectivity index (χ0) is 14.0. The van der Waals surface area contributed by atoms with Crippen molar-refractivity contribution in [3.63, 3.8) is 0 Å². The summed E-state index contributed by atoms with van der Waals surface area (Å²) >= 11 is 3.44. The first kappa shape index (κ1) is 14.3. The minimum Gasteiger partial charge on any atom is -0.389 e. The number of amides is 1. The van der Waals surface area contributed by atoms with Gasteiger partial charge in [0, 0.05) is 16.7 Å². The van der Waals surface area contributed by atoms with Crippen molar-refractivity contribution in [1.82, 2.24) is 0 Å². The molecule has 2 atom stereocenters. The van der Waals surface area contributed by atoms with Crippen molar-refractivity contribution in [2.24, 2.45) is 5.73 Å². The van der Waals surface area contributed by atoms with Gasteiger partial charge < -0.3 is 20.5 Å². The van der Waals surface area contributed by atoms with Crippen molar-refractivity contribution in [2.45, 2.75) is 19.1 Å². The number of aliphatic hydroxyl groups is 1. The Labute approximate surface area is 120 Å². The molecule has 1 aromatic rings. The molecule has 0 aromatic heterocycles. The van der Waals surface area contributed by atoms with E-state index >= 15 is 0 Å². The number of aliphatic hydroxyl groups excluding tert-OH is 1. The van der Waals surface area contributed by atoms with Gasteiger partial charge in [0.2, 0.25) is 5.91 Å². The molecule has 104 valence electrons. The van der Waals surface area contributed by atoms with Gasteiger partial charge in [0.15, 0.2) is 0 Å². The van der Waals surface area contributed by atoms with E-state index in [0.29, 0.717) is 19.8 Å². The molecular weight excluding hydrogens is 312 g/mol. The van der Waals surface area contributed by atoms with Crippen molar-refractivity contribution in [2.75, 3.05) is 24.7 Å². The van der Waals surface area contributed by atoms with Crippen LogP contribution in [0.2, 0.25) is 0 Å². The second-order valence-electron chi connectivity index (χ2n) is 4.57. The third-order valence-corrected chi connectivity index (χ3v) is 3.91. The van der Waals surface area contributed by atoms with E-state index in [1.807, 2.05) is 23.1 Å². The maximum absolute atomic E-state index is 11.4. The van der Waals surface area contributed by atoms with Crippen molar-refractivity contribution in [1.29, 1.82) is 0 Å². The number of carbonyl (C=O) groups excluding carboxylic acids is 1. The van der Waals surface area contributed by atoms with Crippen LogP contribution in [-0.4, -0.2) is 36.8 Å². The van der Waals surface area contributed by atoms with E-state index < -0.39 is 18.1 Å². The summed E-state index contributed by atoms with van der Waals surface area (Å²) in [5, 5.41) is 9.61. The molecule has 0 bridgehead atoms. The smallest absolute Gasteiger partial charge is 0.242 e. The molecule has 1 heterocycles. The molecule has 5 nitrogen and oxygen atoms in total. The lowest BCUT2D eigenvalue weighted by molar-refractivity contribution is -0.121. The standard InChI is InChI=1S/C13H17BrN2O3/c1-8(17)10-3-2-9(6-11(10)14)16-4-5-19-7-12(16)13(15)18/h2-3,6,8,12,17H,4-5,7H2,1H3,(H2,15,18)/t8-,12?/m0/s1. The van der Waals surface area contributed by atoms with E-state index in [-0.39, 0.29) is 0 Å². The molecule has 0 aliphatic carbocycles. The Morgan fingerprint density at radius 1 is 1.63 bits per heavy atom. The number of ether oxygens (including phenoxy) is 1. The van der Waals surface area contributed by atoms with Crippen LogP contribution in [0.25, 0.3) is 0 Å². The van der Waals surface area contributed by atoms with Crippen LogP contribution in [0.15, 0.2) is 22.7 Å². The number of nitrogens with two attached hydrogens (primary N) is 1. The summed E-state index contributed by atoms with van der Waals surface area (Å²) in [6, 6.07) is 5.17. The molecular formula is C13H17BrN2O3. The molecule has 19 heavy (non-hydrogen) atoms. The van der Waals surface area contributed by atoms with Crippen LogP contribution >= 0.6 is 15.9 Å². The molecule has 0 radical (unpaired) electrons. The van der Waals surface area contributed by atoms with Crippen LogP contribution in [0.3, 0.4) is 0 Å². The number of anilines is 1. The van der Waals surface area contributed by atoms with Gasteiger partial charge in [-0.15, -0.1) is 0 Å². The fraction of sp³-hybridized carbons (Fsp3) is 0.462. The Bertz CT molecular complexity index is 479. The molecule has 1 amide bonds. The summed E-state index contributed by atoms with van der Waals surface area (Å²) in [7, 11) is 0. The third-order valence-electron chi connectivity index (χ3n) is 3.22. The molecule has 1 aromatic carbocycles. The van der Waals surface area contributed by atoms with Crippen molar-refractivity contribution in [3.05, 3.63) is 28.2 Å². The lowest BCUT2D eigenvalue weighted by Crippen LogP contribution is -2.52. The third kappa shape index (κ3) is 3.08. The second kappa shape index (κ2) is 5.90. The number of hydrogen-bond donors (Lipinski definition) is 2. The average molecular weight is 329 g/mol. The Hall–Kier alpha value is -1.11. The van der Waals surface area contributed by atoms with Crippen LogP contribution in [0.5, 0.6) is 0 Å². The monoisotopic (exact) mass is 328 g/mol. The zero-order valence-corrected chi connectivity index (χ0v) is 12.3. The van der Waals surface area contributed by atoms with Gasteiger partial charge in [-0.05, 0) is 24.6 Å². The van der Waals surface area contributed by atoms with Gasteiger partial charge in [-0.1, -0.05) is 22.0 Å². The van der Waals surface area contributed by atoms with Crippen LogP contribution in [0, 0.1) is 0 Å². The quantitative estimate of drug-likeness (QED) is 0.874. The Morgan fingerprint density at radius 3 is 2.95 bits per heavy atom. The van der Waals surface area contributed by atoms with E-state index in [2.05, 4.69) is 15.9 Å². The molecule has 1 aliphatic rings. The normalized spacial score (nSPS) is 21.2. The number of halogens is 1. The SMILES string of the molecule is C[C@H](O)c1ccc(N2CCOCC2C(N)=O)cc1Br. The van der Waals surface area contributed by atoms with Crippen molar-refractivity contribution >= 4 is 27.5 Å². The maximum Gasteiger partial charge on any atom is 0.242 e. The average Bonchev–Trinajstić information content (AvgIpc) is 2.38. The van der Waals surface area contributed by atoms with Gasteiger partial charge in [-0.2, -0.15) is 0 Å². The molecule has 1 saturated heterocycles. The number of hydrogen-bond acceptors (Lipinski definition) is 4. The summed E-state index contributed by atoms with van der Waals surface area (Å²) in [6.07, 6.45) is -0.542. The van der Waals surface area contributed by atoms with Crippen LogP contribution in [0.4, 0.5) is 5.69 Å². The van der Waals surface area contributed by atoms with E-state index in [4.69, 9.17) is 10.5 Å². The topological polar surface area (TPSA) is 75.8 Å². The molecule has 1 fully saturated rings. The highest BCUT2D eigenvalue weighted by Crippen LogP contribution is 2.29. The molecule has 0 saturated carbocycles. The van der Waals surface area contributed by atoms with E-state index in [9.17, 15) is 9.90 Å². The molecule has 0 spiro atoms. The number of benzene rings is 1. The fourth-order valence-electron chi connectivity index (χ4n) is 2.18. The minimum absolute atomic E-state index is 0.311. The van der Waals surface area contributed by atoms with Crippen LogP contribution in [0.1, 0.15) is 18.6 Å². The van der Waals surface area contributed by atoms with Crippen LogP contribution < -0.4 is 10.6 Å². The molecule has 6 heteroatoms. The first-order chi connectivity index (χ1) is 9.00. The van der Waals surface area contributed by atoms with Gasteiger partial charge in [0.25, 0.3) is 0 Å². The lowest BCUT2D eigenvalue weighted by Gasteiger charge is -2.35. The van der Waals surface area contributed by atoms with Gasteiger partial charge in [0.1, 0.15) is 6.04 Å².